The number of carbonyl (C=O) groups excluding carboxylic acids is 1. The highest BCUT2D eigenvalue weighted by atomic mass is 16.5. The van der Waals surface area contributed by atoms with E-state index in [1.54, 1.807) is 0 Å². The van der Waals surface area contributed by atoms with Gasteiger partial charge < -0.3 is 14.0 Å². The van der Waals surface area contributed by atoms with Crippen LogP contribution < -0.4 is 4.74 Å². The van der Waals surface area contributed by atoms with Crippen LogP contribution in [0.2, 0.25) is 0 Å². The summed E-state index contributed by atoms with van der Waals surface area (Å²) in [4.78, 5) is 19.2. The zero-order chi connectivity index (χ0) is 18.8. The SMILES string of the molecule is Cc1cccn2cc(COc3ccc(C(=O)N4CCC(C)CC4)cc3)nc12. The van der Waals surface area contributed by atoms with Gasteiger partial charge in [0.15, 0.2) is 0 Å². The number of piperidine rings is 1. The Bertz CT molecular complexity index is 938. The van der Waals surface area contributed by atoms with Crippen molar-refractivity contribution in [3.63, 3.8) is 0 Å². The normalized spacial score (nSPS) is 15.3. The van der Waals surface area contributed by atoms with Gasteiger partial charge in [-0.05, 0) is 61.6 Å². The van der Waals surface area contributed by atoms with E-state index in [2.05, 4.69) is 11.9 Å². The standard InChI is InChI=1S/C22H25N3O2/c1-16-9-12-24(13-10-16)22(26)18-5-7-20(8-6-18)27-15-19-14-25-11-3-4-17(2)21(25)23-19/h3-8,11,14,16H,9-10,12-13,15H2,1-2H3. The Morgan fingerprint density at radius 2 is 1.93 bits per heavy atom. The smallest absolute Gasteiger partial charge is 0.253 e. The van der Waals surface area contributed by atoms with Gasteiger partial charge in [-0.25, -0.2) is 4.98 Å². The highest BCUT2D eigenvalue weighted by molar-refractivity contribution is 5.94. The Hall–Kier alpha value is -2.82. The van der Waals surface area contributed by atoms with Crippen molar-refractivity contribution < 1.29 is 9.53 Å². The zero-order valence-corrected chi connectivity index (χ0v) is 15.9. The summed E-state index contributed by atoms with van der Waals surface area (Å²) in [7, 11) is 0. The summed E-state index contributed by atoms with van der Waals surface area (Å²) in [6.07, 6.45) is 6.15. The van der Waals surface area contributed by atoms with E-state index in [4.69, 9.17) is 4.74 Å². The summed E-state index contributed by atoms with van der Waals surface area (Å²) in [6, 6.07) is 11.5. The molecule has 0 N–H and O–H groups in total. The second-order valence-electron chi connectivity index (χ2n) is 7.44. The molecule has 0 spiro atoms. The lowest BCUT2D eigenvalue weighted by Crippen LogP contribution is -2.37. The molecule has 2 aromatic heterocycles. The number of aromatic nitrogens is 2. The van der Waals surface area contributed by atoms with E-state index in [-0.39, 0.29) is 5.91 Å². The van der Waals surface area contributed by atoms with Crippen molar-refractivity contribution in [3.8, 4) is 5.75 Å². The van der Waals surface area contributed by atoms with E-state index in [1.807, 2.05) is 65.0 Å². The molecule has 4 rings (SSSR count). The number of ether oxygens (including phenoxy) is 1. The fourth-order valence-corrected chi connectivity index (χ4v) is 3.52. The molecule has 0 radical (unpaired) electrons. The molecule has 3 aromatic rings. The van der Waals surface area contributed by atoms with Crippen LogP contribution in [0.4, 0.5) is 0 Å². The first-order chi connectivity index (χ1) is 13.1. The Morgan fingerprint density at radius 1 is 1.19 bits per heavy atom. The van der Waals surface area contributed by atoms with Crippen LogP contribution >= 0.6 is 0 Å². The summed E-state index contributed by atoms with van der Waals surface area (Å²) in [6.45, 7) is 6.40. The van der Waals surface area contributed by atoms with Gasteiger partial charge in [0.2, 0.25) is 0 Å². The number of benzene rings is 1. The third-order valence-corrected chi connectivity index (χ3v) is 5.29. The molecule has 3 heterocycles. The highest BCUT2D eigenvalue weighted by Crippen LogP contribution is 2.20. The maximum atomic E-state index is 12.6. The van der Waals surface area contributed by atoms with Crippen molar-refractivity contribution in [2.75, 3.05) is 13.1 Å². The fraction of sp³-hybridized carbons (Fsp3) is 0.364. The Morgan fingerprint density at radius 3 is 2.63 bits per heavy atom. The molecule has 0 atom stereocenters. The molecule has 1 amide bonds. The zero-order valence-electron chi connectivity index (χ0n) is 15.9. The van der Waals surface area contributed by atoms with Gasteiger partial charge in [-0.15, -0.1) is 0 Å². The number of rotatable bonds is 4. The van der Waals surface area contributed by atoms with E-state index in [9.17, 15) is 4.79 Å². The van der Waals surface area contributed by atoms with Crippen LogP contribution in [0, 0.1) is 12.8 Å². The molecule has 5 nitrogen and oxygen atoms in total. The first-order valence-corrected chi connectivity index (χ1v) is 9.55. The molecule has 1 aliphatic rings. The fourth-order valence-electron chi connectivity index (χ4n) is 3.52. The average molecular weight is 363 g/mol. The second kappa shape index (κ2) is 7.43. The van der Waals surface area contributed by atoms with E-state index >= 15 is 0 Å². The molecule has 0 aliphatic carbocycles. The lowest BCUT2D eigenvalue weighted by atomic mass is 9.98. The van der Waals surface area contributed by atoms with Gasteiger partial charge in [0.05, 0.1) is 5.69 Å². The number of aryl methyl sites for hydroxylation is 1. The van der Waals surface area contributed by atoms with Crippen LogP contribution in [-0.4, -0.2) is 33.3 Å². The van der Waals surface area contributed by atoms with Gasteiger partial charge in [-0.3, -0.25) is 4.79 Å². The van der Waals surface area contributed by atoms with Crippen molar-refractivity contribution in [3.05, 3.63) is 65.6 Å². The van der Waals surface area contributed by atoms with Crippen LogP contribution in [-0.2, 0) is 6.61 Å². The molecule has 0 saturated carbocycles. The van der Waals surface area contributed by atoms with Crippen LogP contribution in [0.5, 0.6) is 5.75 Å². The van der Waals surface area contributed by atoms with Crippen molar-refractivity contribution in [1.29, 1.82) is 0 Å². The van der Waals surface area contributed by atoms with Crippen molar-refractivity contribution in [1.82, 2.24) is 14.3 Å². The summed E-state index contributed by atoms with van der Waals surface area (Å²) in [5.74, 6) is 1.57. The number of likely N-dealkylation sites (tertiary alicyclic amines) is 1. The highest BCUT2D eigenvalue weighted by Gasteiger charge is 2.21. The number of pyridine rings is 1. The van der Waals surface area contributed by atoms with E-state index < -0.39 is 0 Å². The molecule has 0 bridgehead atoms. The lowest BCUT2D eigenvalue weighted by Gasteiger charge is -2.30. The van der Waals surface area contributed by atoms with Crippen molar-refractivity contribution in [2.24, 2.45) is 5.92 Å². The van der Waals surface area contributed by atoms with Gasteiger partial charge in [-0.2, -0.15) is 0 Å². The summed E-state index contributed by atoms with van der Waals surface area (Å²) in [5.41, 5.74) is 3.69. The summed E-state index contributed by atoms with van der Waals surface area (Å²) in [5, 5.41) is 0. The molecule has 0 unspecified atom stereocenters. The predicted molar refractivity (Wildman–Crippen MR) is 105 cm³/mol. The lowest BCUT2D eigenvalue weighted by molar-refractivity contribution is 0.0697. The van der Waals surface area contributed by atoms with Crippen LogP contribution in [0.1, 0.15) is 41.4 Å². The van der Waals surface area contributed by atoms with Crippen LogP contribution in [0.3, 0.4) is 0 Å². The van der Waals surface area contributed by atoms with Gasteiger partial charge in [0.25, 0.3) is 5.91 Å². The van der Waals surface area contributed by atoms with Gasteiger partial charge in [0, 0.05) is 31.0 Å². The Kier molecular flexibility index (Phi) is 4.84. The first-order valence-electron chi connectivity index (χ1n) is 9.55. The molecule has 1 saturated heterocycles. The molecular formula is C22H25N3O2. The summed E-state index contributed by atoms with van der Waals surface area (Å²) >= 11 is 0. The largest absolute Gasteiger partial charge is 0.487 e. The number of nitrogens with zero attached hydrogens (tertiary/aromatic N) is 3. The van der Waals surface area contributed by atoms with Crippen molar-refractivity contribution in [2.45, 2.75) is 33.3 Å². The molecular weight excluding hydrogens is 338 g/mol. The van der Waals surface area contributed by atoms with Crippen LogP contribution in [0.25, 0.3) is 5.65 Å². The average Bonchev–Trinajstić information content (AvgIpc) is 3.11. The third kappa shape index (κ3) is 3.82. The monoisotopic (exact) mass is 363 g/mol. The number of carbonyl (C=O) groups is 1. The minimum Gasteiger partial charge on any atom is -0.487 e. The quantitative estimate of drug-likeness (QED) is 0.701. The minimum atomic E-state index is 0.115. The van der Waals surface area contributed by atoms with Crippen molar-refractivity contribution >= 4 is 11.6 Å². The van der Waals surface area contributed by atoms with Gasteiger partial charge >= 0.3 is 0 Å². The number of hydrogen-bond donors (Lipinski definition) is 0. The molecule has 140 valence electrons. The molecule has 1 aliphatic heterocycles. The Labute approximate surface area is 159 Å². The third-order valence-electron chi connectivity index (χ3n) is 5.29. The molecule has 1 fully saturated rings. The number of amides is 1. The molecule has 5 heteroatoms. The number of imidazole rings is 1. The van der Waals surface area contributed by atoms with Gasteiger partial charge in [0.1, 0.15) is 18.0 Å². The van der Waals surface area contributed by atoms with Gasteiger partial charge in [-0.1, -0.05) is 13.0 Å². The maximum Gasteiger partial charge on any atom is 0.253 e. The first kappa shape index (κ1) is 17.6. The maximum absolute atomic E-state index is 12.6. The van der Waals surface area contributed by atoms with Crippen LogP contribution in [0.15, 0.2) is 48.8 Å². The van der Waals surface area contributed by atoms with E-state index in [1.165, 1.54) is 0 Å². The molecule has 1 aromatic carbocycles. The topological polar surface area (TPSA) is 46.8 Å². The minimum absolute atomic E-state index is 0.115. The Balaban J connectivity index is 1.38. The predicted octanol–water partition coefficient (Wildman–Crippen LogP) is 4.09. The number of fused-ring (bicyclic) bond motifs is 1. The molecule has 27 heavy (non-hydrogen) atoms. The van der Waals surface area contributed by atoms with E-state index in [0.717, 1.165) is 54.1 Å². The second-order valence-corrected chi connectivity index (χ2v) is 7.44. The summed E-state index contributed by atoms with van der Waals surface area (Å²) < 4.78 is 7.86. The number of hydrogen-bond acceptors (Lipinski definition) is 3. The van der Waals surface area contributed by atoms with E-state index in [0.29, 0.717) is 12.5 Å².